The molecule has 0 bridgehead atoms. The zero-order chi connectivity index (χ0) is 9.97. The lowest BCUT2D eigenvalue weighted by Crippen LogP contribution is -2.51. The second-order valence-electron chi connectivity index (χ2n) is 4.71. The molecule has 80 valence electrons. The predicted octanol–water partition coefficient (Wildman–Crippen LogP) is 1.04. The van der Waals surface area contributed by atoms with Gasteiger partial charge in [0.2, 0.25) is 5.91 Å². The molecular formula is C11H20N2O. The van der Waals surface area contributed by atoms with Gasteiger partial charge in [-0.2, -0.15) is 0 Å². The standard InChI is InChI=1S/C11H20N2O/c1-8-10(3-2-6-12-8)13-11(14)7-9-4-5-9/h8-10,12H,2-7H2,1H3,(H,13,14). The zero-order valence-electron chi connectivity index (χ0n) is 8.88. The van der Waals surface area contributed by atoms with E-state index in [4.69, 9.17) is 0 Å². The number of nitrogens with one attached hydrogen (secondary N) is 2. The van der Waals surface area contributed by atoms with Gasteiger partial charge in [-0.25, -0.2) is 0 Å². The molecule has 1 saturated heterocycles. The summed E-state index contributed by atoms with van der Waals surface area (Å²) in [5.41, 5.74) is 0. The lowest BCUT2D eigenvalue weighted by Gasteiger charge is -2.30. The SMILES string of the molecule is CC1NCCCC1NC(=O)CC1CC1. The van der Waals surface area contributed by atoms with Gasteiger partial charge in [0.25, 0.3) is 0 Å². The van der Waals surface area contributed by atoms with E-state index < -0.39 is 0 Å². The fraction of sp³-hybridized carbons (Fsp3) is 0.909. The van der Waals surface area contributed by atoms with E-state index in [1.165, 1.54) is 19.3 Å². The number of hydrogen-bond acceptors (Lipinski definition) is 2. The van der Waals surface area contributed by atoms with Crippen LogP contribution in [0.15, 0.2) is 0 Å². The van der Waals surface area contributed by atoms with Crippen LogP contribution in [-0.4, -0.2) is 24.5 Å². The molecule has 1 saturated carbocycles. The fourth-order valence-electron chi connectivity index (χ4n) is 2.09. The molecule has 1 heterocycles. The first-order chi connectivity index (χ1) is 6.75. The highest BCUT2D eigenvalue weighted by atomic mass is 16.1. The highest BCUT2D eigenvalue weighted by Gasteiger charge is 2.27. The molecular weight excluding hydrogens is 176 g/mol. The van der Waals surface area contributed by atoms with Crippen molar-refractivity contribution >= 4 is 5.91 Å². The number of carbonyl (C=O) groups excluding carboxylic acids is 1. The summed E-state index contributed by atoms with van der Waals surface area (Å²) in [5, 5.41) is 6.53. The molecule has 0 aromatic rings. The van der Waals surface area contributed by atoms with Crippen molar-refractivity contribution in [2.45, 2.75) is 51.1 Å². The summed E-state index contributed by atoms with van der Waals surface area (Å²) in [6.45, 7) is 3.25. The van der Waals surface area contributed by atoms with Crippen LogP contribution in [0.1, 0.15) is 39.0 Å². The summed E-state index contributed by atoms with van der Waals surface area (Å²) in [5.74, 6) is 0.954. The van der Waals surface area contributed by atoms with Crippen molar-refractivity contribution in [2.24, 2.45) is 5.92 Å². The van der Waals surface area contributed by atoms with E-state index in [1.54, 1.807) is 0 Å². The molecule has 2 fully saturated rings. The molecule has 2 N–H and O–H groups in total. The highest BCUT2D eigenvalue weighted by Crippen LogP contribution is 2.32. The monoisotopic (exact) mass is 196 g/mol. The van der Waals surface area contributed by atoms with Crippen molar-refractivity contribution < 1.29 is 4.79 Å². The maximum atomic E-state index is 11.6. The third-order valence-electron chi connectivity index (χ3n) is 3.28. The molecule has 0 aromatic carbocycles. The Morgan fingerprint density at radius 1 is 1.43 bits per heavy atom. The molecule has 0 radical (unpaired) electrons. The Morgan fingerprint density at radius 2 is 2.21 bits per heavy atom. The lowest BCUT2D eigenvalue weighted by molar-refractivity contribution is -0.122. The first-order valence-electron chi connectivity index (χ1n) is 5.78. The van der Waals surface area contributed by atoms with E-state index in [9.17, 15) is 4.79 Å². The molecule has 1 aliphatic heterocycles. The highest BCUT2D eigenvalue weighted by molar-refractivity contribution is 5.76. The van der Waals surface area contributed by atoms with Crippen molar-refractivity contribution in [3.63, 3.8) is 0 Å². The maximum absolute atomic E-state index is 11.6. The minimum Gasteiger partial charge on any atom is -0.352 e. The minimum atomic E-state index is 0.257. The number of carbonyl (C=O) groups is 1. The van der Waals surface area contributed by atoms with Gasteiger partial charge in [-0.05, 0) is 45.1 Å². The van der Waals surface area contributed by atoms with Gasteiger partial charge in [0.05, 0.1) is 0 Å². The summed E-state index contributed by atoms with van der Waals surface area (Å²) < 4.78 is 0. The number of piperidine rings is 1. The molecule has 1 amide bonds. The van der Waals surface area contributed by atoms with Gasteiger partial charge in [-0.15, -0.1) is 0 Å². The van der Waals surface area contributed by atoms with Gasteiger partial charge in [0.1, 0.15) is 0 Å². The van der Waals surface area contributed by atoms with Crippen LogP contribution in [0.4, 0.5) is 0 Å². The van der Waals surface area contributed by atoms with E-state index in [0.717, 1.165) is 19.4 Å². The van der Waals surface area contributed by atoms with Crippen molar-refractivity contribution in [1.82, 2.24) is 10.6 Å². The molecule has 0 spiro atoms. The number of hydrogen-bond donors (Lipinski definition) is 2. The predicted molar refractivity (Wildman–Crippen MR) is 56.0 cm³/mol. The molecule has 2 unspecified atom stereocenters. The van der Waals surface area contributed by atoms with Gasteiger partial charge in [0.15, 0.2) is 0 Å². The van der Waals surface area contributed by atoms with E-state index >= 15 is 0 Å². The molecule has 2 aliphatic rings. The Bertz CT molecular complexity index is 213. The van der Waals surface area contributed by atoms with Gasteiger partial charge >= 0.3 is 0 Å². The van der Waals surface area contributed by atoms with Crippen LogP contribution < -0.4 is 10.6 Å². The van der Waals surface area contributed by atoms with Crippen LogP contribution in [0.25, 0.3) is 0 Å². The van der Waals surface area contributed by atoms with Crippen molar-refractivity contribution in [3.8, 4) is 0 Å². The number of rotatable bonds is 3. The van der Waals surface area contributed by atoms with Crippen molar-refractivity contribution in [1.29, 1.82) is 0 Å². The Balaban J connectivity index is 1.73. The second kappa shape index (κ2) is 4.30. The quantitative estimate of drug-likeness (QED) is 0.708. The normalized spacial score (nSPS) is 32.6. The fourth-order valence-corrected chi connectivity index (χ4v) is 2.09. The molecule has 1 aliphatic carbocycles. The molecule has 2 atom stereocenters. The van der Waals surface area contributed by atoms with Crippen LogP contribution >= 0.6 is 0 Å². The summed E-state index contributed by atoms with van der Waals surface area (Å²) in [6, 6.07) is 0.793. The van der Waals surface area contributed by atoms with Gasteiger partial charge in [-0.3, -0.25) is 4.79 Å². The topological polar surface area (TPSA) is 41.1 Å². The Kier molecular flexibility index (Phi) is 3.06. The first-order valence-corrected chi connectivity index (χ1v) is 5.78. The smallest absolute Gasteiger partial charge is 0.220 e. The third-order valence-corrected chi connectivity index (χ3v) is 3.28. The minimum absolute atomic E-state index is 0.257. The third kappa shape index (κ3) is 2.71. The van der Waals surface area contributed by atoms with Crippen LogP contribution in [0, 0.1) is 5.92 Å². The van der Waals surface area contributed by atoms with Crippen LogP contribution in [-0.2, 0) is 4.79 Å². The largest absolute Gasteiger partial charge is 0.352 e. The Hall–Kier alpha value is -0.570. The van der Waals surface area contributed by atoms with E-state index in [-0.39, 0.29) is 5.91 Å². The zero-order valence-corrected chi connectivity index (χ0v) is 8.88. The molecule has 14 heavy (non-hydrogen) atoms. The van der Waals surface area contributed by atoms with E-state index in [2.05, 4.69) is 17.6 Å². The lowest BCUT2D eigenvalue weighted by atomic mass is 9.99. The molecule has 2 rings (SSSR count). The molecule has 3 nitrogen and oxygen atoms in total. The second-order valence-corrected chi connectivity index (χ2v) is 4.71. The van der Waals surface area contributed by atoms with Crippen LogP contribution in [0.3, 0.4) is 0 Å². The molecule has 0 aromatic heterocycles. The van der Waals surface area contributed by atoms with E-state index in [0.29, 0.717) is 18.0 Å². The van der Waals surface area contributed by atoms with Crippen molar-refractivity contribution in [2.75, 3.05) is 6.54 Å². The number of amides is 1. The molecule has 3 heteroatoms. The summed E-state index contributed by atoms with van der Waals surface area (Å²) >= 11 is 0. The van der Waals surface area contributed by atoms with Crippen LogP contribution in [0.5, 0.6) is 0 Å². The average molecular weight is 196 g/mol. The summed E-state index contributed by atoms with van der Waals surface area (Å²) in [6.07, 6.45) is 5.57. The average Bonchev–Trinajstić information content (AvgIpc) is 2.93. The maximum Gasteiger partial charge on any atom is 0.220 e. The Morgan fingerprint density at radius 3 is 2.86 bits per heavy atom. The van der Waals surface area contributed by atoms with E-state index in [1.807, 2.05) is 0 Å². The van der Waals surface area contributed by atoms with Crippen molar-refractivity contribution in [3.05, 3.63) is 0 Å². The van der Waals surface area contributed by atoms with Gasteiger partial charge < -0.3 is 10.6 Å². The first kappa shape index (κ1) is 9.97. The van der Waals surface area contributed by atoms with Crippen LogP contribution in [0.2, 0.25) is 0 Å². The summed E-state index contributed by atoms with van der Waals surface area (Å²) in [7, 11) is 0. The van der Waals surface area contributed by atoms with Gasteiger partial charge in [-0.1, -0.05) is 0 Å². The summed E-state index contributed by atoms with van der Waals surface area (Å²) in [4.78, 5) is 11.6. The van der Waals surface area contributed by atoms with Gasteiger partial charge in [0, 0.05) is 18.5 Å². The Labute approximate surface area is 85.6 Å².